The normalized spacial score (nSPS) is 11.6. The molecule has 5 aromatic heterocycles. The van der Waals surface area contributed by atoms with Crippen LogP contribution >= 0.6 is 0 Å². The van der Waals surface area contributed by atoms with Crippen molar-refractivity contribution in [3.8, 4) is 28.3 Å². The van der Waals surface area contributed by atoms with Crippen molar-refractivity contribution in [2.45, 2.75) is 27.2 Å². The molecule has 0 saturated carbocycles. The number of carbonyl (C=O) groups is 1. The van der Waals surface area contributed by atoms with Crippen molar-refractivity contribution >= 4 is 33.7 Å². The van der Waals surface area contributed by atoms with Crippen molar-refractivity contribution in [3.63, 3.8) is 0 Å². The summed E-state index contributed by atoms with van der Waals surface area (Å²) in [6, 6.07) is 6.88. The summed E-state index contributed by atoms with van der Waals surface area (Å²) >= 11 is 0. The van der Waals surface area contributed by atoms with Crippen molar-refractivity contribution in [2.75, 3.05) is 5.32 Å². The number of hydrogen-bond donors (Lipinski definition) is 3. The van der Waals surface area contributed by atoms with Crippen LogP contribution < -0.4 is 5.32 Å². The molecule has 0 aliphatic rings. The molecule has 0 atom stereocenters. The zero-order valence-corrected chi connectivity index (χ0v) is 21.0. The first-order valence-corrected chi connectivity index (χ1v) is 12.1. The molecule has 0 radical (unpaired) electrons. The van der Waals surface area contributed by atoms with E-state index in [-0.39, 0.29) is 17.3 Å². The Balaban J connectivity index is 1.41. The molecule has 0 saturated heterocycles. The summed E-state index contributed by atoms with van der Waals surface area (Å²) in [4.78, 5) is 33.1. The smallest absolute Gasteiger partial charge is 0.224 e. The van der Waals surface area contributed by atoms with Crippen molar-refractivity contribution in [1.29, 1.82) is 0 Å². The van der Waals surface area contributed by atoms with E-state index in [4.69, 9.17) is 0 Å². The average Bonchev–Trinajstić information content (AvgIpc) is 3.61. The van der Waals surface area contributed by atoms with E-state index in [0.29, 0.717) is 51.3 Å². The highest BCUT2D eigenvalue weighted by molar-refractivity contribution is 5.97. The molecule has 0 fully saturated rings. The first-order chi connectivity index (χ1) is 18.4. The second kappa shape index (κ2) is 9.18. The van der Waals surface area contributed by atoms with Crippen molar-refractivity contribution in [3.05, 3.63) is 66.9 Å². The van der Waals surface area contributed by atoms with E-state index in [0.717, 1.165) is 11.4 Å². The summed E-state index contributed by atoms with van der Waals surface area (Å²) < 4.78 is 17.1. The minimum Gasteiger partial charge on any atom is -0.334 e. The summed E-state index contributed by atoms with van der Waals surface area (Å²) in [5.41, 5.74) is 5.47. The second-order valence-electron chi connectivity index (χ2n) is 9.60. The largest absolute Gasteiger partial charge is 0.334 e. The first kappa shape index (κ1) is 23.5. The lowest BCUT2D eigenvalue weighted by molar-refractivity contribution is -0.116. The van der Waals surface area contributed by atoms with Gasteiger partial charge in [-0.2, -0.15) is 5.10 Å². The van der Waals surface area contributed by atoms with Gasteiger partial charge in [-0.15, -0.1) is 0 Å². The van der Waals surface area contributed by atoms with Gasteiger partial charge in [0.1, 0.15) is 16.7 Å². The summed E-state index contributed by atoms with van der Waals surface area (Å²) in [5.74, 6) is 0.124. The van der Waals surface area contributed by atoms with Crippen molar-refractivity contribution < 1.29 is 9.18 Å². The van der Waals surface area contributed by atoms with Crippen LogP contribution in [0.3, 0.4) is 0 Å². The van der Waals surface area contributed by atoms with Crippen LogP contribution in [0.1, 0.15) is 26.0 Å². The highest BCUT2D eigenvalue weighted by Gasteiger charge is 2.18. The molecule has 6 rings (SSSR count). The number of carbonyl (C=O) groups excluding carboxylic acids is 1. The van der Waals surface area contributed by atoms with Gasteiger partial charge in [0, 0.05) is 36.0 Å². The van der Waals surface area contributed by atoms with Crippen LogP contribution in [0.5, 0.6) is 0 Å². The SMILES string of the molecule is Cc1cn(-c2ccnc3nc(-c4[nH]nc5c(F)cc(-c6cncc(NC(=O)CC(C)C)c6)cc45)[nH]c23)cn1. The fraction of sp³-hybridized carbons (Fsp3) is 0.185. The molecule has 1 amide bonds. The van der Waals surface area contributed by atoms with Crippen LogP contribution in [0.2, 0.25) is 0 Å². The maximum atomic E-state index is 15.2. The van der Waals surface area contributed by atoms with Gasteiger partial charge in [-0.3, -0.25) is 14.9 Å². The van der Waals surface area contributed by atoms with Crippen LogP contribution in [0.15, 0.2) is 55.4 Å². The molecule has 0 spiro atoms. The Hall–Kier alpha value is -4.93. The number of benzene rings is 1. The van der Waals surface area contributed by atoms with Gasteiger partial charge in [0.15, 0.2) is 17.3 Å². The number of aromatic amines is 2. The van der Waals surface area contributed by atoms with E-state index in [9.17, 15) is 4.79 Å². The molecule has 0 aliphatic heterocycles. The van der Waals surface area contributed by atoms with Crippen LogP contribution in [0.25, 0.3) is 50.4 Å². The fourth-order valence-electron chi connectivity index (χ4n) is 4.46. The highest BCUT2D eigenvalue weighted by Crippen LogP contribution is 2.33. The summed E-state index contributed by atoms with van der Waals surface area (Å²) in [6.45, 7) is 5.87. The van der Waals surface area contributed by atoms with E-state index in [1.54, 1.807) is 31.0 Å². The second-order valence-corrected chi connectivity index (χ2v) is 9.60. The molecule has 3 N–H and O–H groups in total. The third kappa shape index (κ3) is 4.27. The number of nitrogens with zero attached hydrogens (tertiary/aromatic N) is 6. The molecule has 0 bridgehead atoms. The molecule has 38 heavy (non-hydrogen) atoms. The Morgan fingerprint density at radius 2 is 2.03 bits per heavy atom. The Morgan fingerprint density at radius 1 is 1.16 bits per heavy atom. The summed E-state index contributed by atoms with van der Waals surface area (Å²) in [7, 11) is 0. The number of amides is 1. The number of aromatic nitrogens is 8. The number of rotatable bonds is 6. The molecule has 0 aliphatic carbocycles. The van der Waals surface area contributed by atoms with Crippen molar-refractivity contribution in [1.82, 2.24) is 39.7 Å². The van der Waals surface area contributed by atoms with Gasteiger partial charge in [-0.1, -0.05) is 13.8 Å². The lowest BCUT2D eigenvalue weighted by Gasteiger charge is -2.09. The first-order valence-electron chi connectivity index (χ1n) is 12.1. The van der Waals surface area contributed by atoms with Gasteiger partial charge >= 0.3 is 0 Å². The topological polar surface area (TPSA) is 130 Å². The summed E-state index contributed by atoms with van der Waals surface area (Å²) in [5, 5.41) is 10.5. The third-order valence-corrected chi connectivity index (χ3v) is 6.16. The monoisotopic (exact) mass is 509 g/mol. The number of nitrogens with one attached hydrogen (secondary N) is 3. The van der Waals surface area contributed by atoms with Gasteiger partial charge in [-0.25, -0.2) is 19.3 Å². The molecular formula is C27H24FN9O. The highest BCUT2D eigenvalue weighted by atomic mass is 19.1. The Morgan fingerprint density at radius 3 is 2.82 bits per heavy atom. The van der Waals surface area contributed by atoms with Gasteiger partial charge in [0.05, 0.1) is 29.6 Å². The van der Waals surface area contributed by atoms with Crippen LogP contribution in [-0.2, 0) is 4.79 Å². The molecule has 1 aromatic carbocycles. The standard InChI is InChI=1S/C27H24FN9O/c1-14(2)6-22(38)32-18-7-17(10-29-11-18)16-8-19-23(20(28)9-16)35-36-24(19)27-33-25-21(4-5-30-26(25)34-27)37-12-15(3)31-13-37/h4-5,7-14H,6H2,1-3H3,(H,32,38)(H,35,36)(H,30,33,34). The van der Waals surface area contributed by atoms with Crippen LogP contribution in [0, 0.1) is 18.7 Å². The van der Waals surface area contributed by atoms with E-state index in [1.165, 1.54) is 6.07 Å². The fourth-order valence-corrected chi connectivity index (χ4v) is 4.46. The van der Waals surface area contributed by atoms with Gasteiger partial charge in [-0.05, 0) is 42.7 Å². The Labute approximate surface area is 216 Å². The van der Waals surface area contributed by atoms with E-state index >= 15 is 4.39 Å². The lowest BCUT2D eigenvalue weighted by Crippen LogP contribution is -2.13. The van der Waals surface area contributed by atoms with E-state index in [1.807, 2.05) is 43.7 Å². The Kier molecular flexibility index (Phi) is 5.67. The number of H-pyrrole nitrogens is 2. The van der Waals surface area contributed by atoms with Gasteiger partial charge < -0.3 is 14.9 Å². The third-order valence-electron chi connectivity index (χ3n) is 6.16. The minimum atomic E-state index is -0.488. The number of imidazole rings is 2. The number of aryl methyl sites for hydroxylation is 1. The van der Waals surface area contributed by atoms with E-state index < -0.39 is 5.82 Å². The number of hydrogen-bond acceptors (Lipinski definition) is 6. The summed E-state index contributed by atoms with van der Waals surface area (Å²) in [6.07, 6.45) is 8.92. The van der Waals surface area contributed by atoms with Crippen LogP contribution in [-0.4, -0.2) is 45.6 Å². The zero-order chi connectivity index (χ0) is 26.4. The number of halogens is 1. The lowest BCUT2D eigenvalue weighted by atomic mass is 10.0. The number of anilines is 1. The molecule has 5 heterocycles. The quantitative estimate of drug-likeness (QED) is 0.284. The molecular weight excluding hydrogens is 485 g/mol. The van der Waals surface area contributed by atoms with Gasteiger partial charge in [0.2, 0.25) is 5.91 Å². The molecule has 11 heteroatoms. The molecule has 10 nitrogen and oxygen atoms in total. The number of fused-ring (bicyclic) bond motifs is 2. The predicted molar refractivity (Wildman–Crippen MR) is 142 cm³/mol. The Bertz CT molecular complexity index is 1810. The molecule has 0 unspecified atom stereocenters. The van der Waals surface area contributed by atoms with Crippen molar-refractivity contribution in [2.24, 2.45) is 5.92 Å². The molecule has 190 valence electrons. The van der Waals surface area contributed by atoms with Crippen LogP contribution in [0.4, 0.5) is 10.1 Å². The average molecular weight is 510 g/mol. The zero-order valence-electron chi connectivity index (χ0n) is 21.0. The number of pyridine rings is 2. The van der Waals surface area contributed by atoms with Gasteiger partial charge in [0.25, 0.3) is 0 Å². The predicted octanol–water partition coefficient (Wildman–Crippen LogP) is 5.18. The molecule has 6 aromatic rings. The van der Waals surface area contributed by atoms with E-state index in [2.05, 4.69) is 40.4 Å². The maximum absolute atomic E-state index is 15.2. The minimum absolute atomic E-state index is 0.0959. The maximum Gasteiger partial charge on any atom is 0.224 e.